The second-order valence-electron chi connectivity index (χ2n) is 5.41. The molecule has 4 heteroatoms. The molecule has 1 saturated carbocycles. The summed E-state index contributed by atoms with van der Waals surface area (Å²) < 4.78 is 0. The third-order valence-electron chi connectivity index (χ3n) is 4.39. The van der Waals surface area contributed by atoms with E-state index in [0.717, 1.165) is 37.2 Å². The zero-order valence-electron chi connectivity index (χ0n) is 10.2. The molecule has 2 N–H and O–H groups in total. The van der Waals surface area contributed by atoms with Crippen LogP contribution in [0.5, 0.6) is 0 Å². The normalized spacial score (nSPS) is 30.8. The maximum atomic E-state index is 9.92. The van der Waals surface area contributed by atoms with Crippen molar-refractivity contribution in [3.63, 3.8) is 0 Å². The topological polar surface area (TPSA) is 43.7 Å². The summed E-state index contributed by atoms with van der Waals surface area (Å²) in [4.78, 5) is 2.30. The van der Waals surface area contributed by atoms with Gasteiger partial charge in [0.15, 0.2) is 0 Å². The number of nitrogens with zero attached hydrogens (tertiary/aromatic N) is 1. The van der Waals surface area contributed by atoms with Crippen LogP contribution in [0.15, 0.2) is 18.2 Å². The van der Waals surface area contributed by atoms with E-state index in [0.29, 0.717) is 16.9 Å². The first-order chi connectivity index (χ1) is 8.69. The first-order valence-corrected chi connectivity index (χ1v) is 6.89. The number of anilines is 1. The quantitative estimate of drug-likeness (QED) is 0.862. The second kappa shape index (κ2) is 4.72. The average molecular weight is 268 g/mol. The standard InChI is InChI=1S/C14H18ClNO2/c15-13-5-11(3-1-10(13)8-17)16-6-9-2-4-14(18)12(9)7-16/h1,3,5,9,12,14,17-18H,2,4,6-8H2. The maximum Gasteiger partial charge on any atom is 0.0696 e. The Morgan fingerprint density at radius 2 is 2.11 bits per heavy atom. The minimum absolute atomic E-state index is 0.0247. The molecule has 2 fully saturated rings. The Kier molecular flexibility index (Phi) is 3.22. The van der Waals surface area contributed by atoms with Gasteiger partial charge >= 0.3 is 0 Å². The van der Waals surface area contributed by atoms with Crippen molar-refractivity contribution in [1.82, 2.24) is 0 Å². The minimum atomic E-state index is -0.132. The van der Waals surface area contributed by atoms with E-state index >= 15 is 0 Å². The Bertz CT molecular complexity index is 451. The molecule has 3 nitrogen and oxygen atoms in total. The number of fused-ring (bicyclic) bond motifs is 1. The molecule has 3 atom stereocenters. The van der Waals surface area contributed by atoms with Gasteiger partial charge in [-0.05, 0) is 36.5 Å². The summed E-state index contributed by atoms with van der Waals surface area (Å²) in [6.07, 6.45) is 1.95. The summed E-state index contributed by atoms with van der Waals surface area (Å²) in [5.74, 6) is 1.04. The van der Waals surface area contributed by atoms with Crippen molar-refractivity contribution in [2.75, 3.05) is 18.0 Å². The van der Waals surface area contributed by atoms with Crippen molar-refractivity contribution in [2.45, 2.75) is 25.6 Å². The van der Waals surface area contributed by atoms with Gasteiger partial charge < -0.3 is 15.1 Å². The van der Waals surface area contributed by atoms with Crippen LogP contribution >= 0.6 is 11.6 Å². The molecular weight excluding hydrogens is 250 g/mol. The van der Waals surface area contributed by atoms with E-state index in [1.807, 2.05) is 18.2 Å². The van der Waals surface area contributed by atoms with Crippen molar-refractivity contribution in [3.8, 4) is 0 Å². The number of rotatable bonds is 2. The molecule has 18 heavy (non-hydrogen) atoms. The Balaban J connectivity index is 1.79. The van der Waals surface area contributed by atoms with Gasteiger partial charge in [0.05, 0.1) is 12.7 Å². The van der Waals surface area contributed by atoms with Gasteiger partial charge in [-0.15, -0.1) is 0 Å². The van der Waals surface area contributed by atoms with Gasteiger partial charge in [0.2, 0.25) is 0 Å². The highest BCUT2D eigenvalue weighted by molar-refractivity contribution is 6.31. The van der Waals surface area contributed by atoms with E-state index in [1.54, 1.807) is 0 Å². The van der Waals surface area contributed by atoms with Crippen molar-refractivity contribution in [2.24, 2.45) is 11.8 Å². The fraction of sp³-hybridized carbons (Fsp3) is 0.571. The Labute approximate surface area is 112 Å². The third-order valence-corrected chi connectivity index (χ3v) is 4.74. The van der Waals surface area contributed by atoms with Crippen LogP contribution in [0.2, 0.25) is 5.02 Å². The molecule has 98 valence electrons. The number of aliphatic hydroxyl groups excluding tert-OH is 2. The number of benzene rings is 1. The van der Waals surface area contributed by atoms with Crippen LogP contribution in [-0.4, -0.2) is 29.4 Å². The van der Waals surface area contributed by atoms with Crippen molar-refractivity contribution >= 4 is 17.3 Å². The molecule has 3 rings (SSSR count). The summed E-state index contributed by atoms with van der Waals surface area (Å²) in [6, 6.07) is 5.80. The highest BCUT2D eigenvalue weighted by atomic mass is 35.5. The molecule has 1 heterocycles. The van der Waals surface area contributed by atoms with Crippen LogP contribution in [0.25, 0.3) is 0 Å². The summed E-state index contributed by atoms with van der Waals surface area (Å²) >= 11 is 6.12. The highest BCUT2D eigenvalue weighted by Crippen LogP contribution is 2.40. The molecule has 0 aromatic heterocycles. The first-order valence-electron chi connectivity index (χ1n) is 6.51. The fourth-order valence-corrected chi connectivity index (χ4v) is 3.54. The monoisotopic (exact) mass is 267 g/mol. The van der Waals surface area contributed by atoms with E-state index in [4.69, 9.17) is 16.7 Å². The number of aliphatic hydroxyl groups is 2. The van der Waals surface area contributed by atoms with Gasteiger partial charge in [0.25, 0.3) is 0 Å². The van der Waals surface area contributed by atoms with Crippen LogP contribution in [0.4, 0.5) is 5.69 Å². The van der Waals surface area contributed by atoms with Crippen LogP contribution in [0.3, 0.4) is 0 Å². The fourth-order valence-electron chi connectivity index (χ4n) is 3.31. The molecule has 1 aliphatic carbocycles. The van der Waals surface area contributed by atoms with Crippen LogP contribution in [0.1, 0.15) is 18.4 Å². The third kappa shape index (κ3) is 2.00. The predicted molar refractivity (Wildman–Crippen MR) is 71.8 cm³/mol. The lowest BCUT2D eigenvalue weighted by molar-refractivity contribution is 0.133. The SMILES string of the molecule is OCc1ccc(N2CC3CCC(O)C3C2)cc1Cl. The maximum absolute atomic E-state index is 9.92. The van der Waals surface area contributed by atoms with E-state index in [1.165, 1.54) is 0 Å². The average Bonchev–Trinajstić information content (AvgIpc) is 2.92. The molecular formula is C14H18ClNO2. The lowest BCUT2D eigenvalue weighted by Crippen LogP contribution is -2.24. The molecule has 1 aromatic rings. The highest BCUT2D eigenvalue weighted by Gasteiger charge is 2.41. The Morgan fingerprint density at radius 3 is 2.78 bits per heavy atom. The molecule has 0 radical (unpaired) electrons. The van der Waals surface area contributed by atoms with Gasteiger partial charge in [-0.2, -0.15) is 0 Å². The molecule has 0 bridgehead atoms. The number of hydrogen-bond donors (Lipinski definition) is 2. The van der Waals surface area contributed by atoms with Gasteiger partial charge in [0, 0.05) is 29.7 Å². The predicted octanol–water partition coefficient (Wildman–Crippen LogP) is 2.04. The van der Waals surface area contributed by atoms with Gasteiger partial charge in [-0.1, -0.05) is 17.7 Å². The Hall–Kier alpha value is -0.770. The van der Waals surface area contributed by atoms with E-state index < -0.39 is 0 Å². The molecule has 1 saturated heterocycles. The van der Waals surface area contributed by atoms with Crippen molar-refractivity contribution in [1.29, 1.82) is 0 Å². The minimum Gasteiger partial charge on any atom is -0.393 e. The summed E-state index contributed by atoms with van der Waals surface area (Å²) in [7, 11) is 0. The largest absolute Gasteiger partial charge is 0.393 e. The van der Waals surface area contributed by atoms with E-state index in [2.05, 4.69) is 4.90 Å². The van der Waals surface area contributed by atoms with Crippen molar-refractivity contribution in [3.05, 3.63) is 28.8 Å². The van der Waals surface area contributed by atoms with E-state index in [9.17, 15) is 5.11 Å². The summed E-state index contributed by atoms with van der Waals surface area (Å²) in [5.41, 5.74) is 1.86. The van der Waals surface area contributed by atoms with Gasteiger partial charge in [-0.25, -0.2) is 0 Å². The zero-order valence-corrected chi connectivity index (χ0v) is 11.0. The van der Waals surface area contributed by atoms with Crippen molar-refractivity contribution < 1.29 is 10.2 Å². The lowest BCUT2D eigenvalue weighted by Gasteiger charge is -2.21. The lowest BCUT2D eigenvalue weighted by atomic mass is 10.00. The smallest absolute Gasteiger partial charge is 0.0696 e. The van der Waals surface area contributed by atoms with Crippen LogP contribution in [-0.2, 0) is 6.61 Å². The molecule has 3 unspecified atom stereocenters. The zero-order chi connectivity index (χ0) is 12.7. The van der Waals surface area contributed by atoms with Crippen LogP contribution < -0.4 is 4.90 Å². The summed E-state index contributed by atoms with van der Waals surface area (Å²) in [6.45, 7) is 1.90. The van der Waals surface area contributed by atoms with Gasteiger partial charge in [0.1, 0.15) is 0 Å². The Morgan fingerprint density at radius 1 is 1.28 bits per heavy atom. The molecule has 1 aromatic carbocycles. The second-order valence-corrected chi connectivity index (χ2v) is 5.81. The first kappa shape index (κ1) is 12.3. The number of halogens is 1. The van der Waals surface area contributed by atoms with E-state index in [-0.39, 0.29) is 12.7 Å². The molecule has 0 spiro atoms. The molecule has 0 amide bonds. The molecule has 2 aliphatic rings. The van der Waals surface area contributed by atoms with Gasteiger partial charge in [-0.3, -0.25) is 0 Å². The van der Waals surface area contributed by atoms with Crippen LogP contribution in [0, 0.1) is 11.8 Å². The molecule has 1 aliphatic heterocycles. The summed E-state index contributed by atoms with van der Waals surface area (Å²) in [5, 5.41) is 19.6. The number of hydrogen-bond acceptors (Lipinski definition) is 3.